The molecule has 1 aromatic heterocycles. The molecule has 9 nitrogen and oxygen atoms in total. The Kier molecular flexibility index (Phi) is 5.32. The van der Waals surface area contributed by atoms with E-state index in [1.807, 2.05) is 6.92 Å². The fourth-order valence-electron chi connectivity index (χ4n) is 1.91. The third-order valence-electron chi connectivity index (χ3n) is 2.90. The molecule has 2 aromatic rings. The Balaban J connectivity index is 2.50. The lowest BCUT2D eigenvalue weighted by atomic mass is 10.2. The van der Waals surface area contributed by atoms with E-state index in [0.29, 0.717) is 18.0 Å². The third-order valence-corrected chi connectivity index (χ3v) is 2.99. The summed E-state index contributed by atoms with van der Waals surface area (Å²) in [6.07, 6.45) is 1.01. The van der Waals surface area contributed by atoms with Crippen LogP contribution in [0.3, 0.4) is 0 Å². The smallest absolute Gasteiger partial charge is 0.335 e. The summed E-state index contributed by atoms with van der Waals surface area (Å²) in [7, 11) is 0. The molecular weight excluding hydrogens is 334 g/mol. The quantitative estimate of drug-likeness (QED) is 0.333. The number of nitrogens with two attached hydrogens (primary N) is 1. The van der Waals surface area contributed by atoms with Crippen LogP contribution >= 0.6 is 12.2 Å². The van der Waals surface area contributed by atoms with Crippen LogP contribution in [0.25, 0.3) is 5.69 Å². The van der Waals surface area contributed by atoms with Crippen LogP contribution in [0.2, 0.25) is 0 Å². The minimum Gasteiger partial charge on any atom is -0.494 e. The minimum atomic E-state index is -0.798. The van der Waals surface area contributed by atoms with E-state index in [1.165, 1.54) is 0 Å². The monoisotopic (exact) mass is 349 g/mol. The molecule has 0 atom stereocenters. The van der Waals surface area contributed by atoms with E-state index in [9.17, 15) is 14.7 Å². The van der Waals surface area contributed by atoms with Gasteiger partial charge in [-0.2, -0.15) is 5.10 Å². The molecule has 1 aromatic carbocycles. The molecule has 0 radical (unpaired) electrons. The van der Waals surface area contributed by atoms with E-state index >= 15 is 0 Å². The second kappa shape index (κ2) is 7.42. The topological polar surface area (TPSA) is 135 Å². The van der Waals surface area contributed by atoms with Crippen molar-refractivity contribution in [1.29, 1.82) is 0 Å². The first-order chi connectivity index (χ1) is 11.4. The molecule has 126 valence electrons. The Bertz CT molecular complexity index is 886. The van der Waals surface area contributed by atoms with Crippen molar-refractivity contribution < 1.29 is 9.84 Å². The Morgan fingerprint density at radius 2 is 2.12 bits per heavy atom. The Hall–Kier alpha value is -3.14. The summed E-state index contributed by atoms with van der Waals surface area (Å²) < 4.78 is 6.24. The average Bonchev–Trinajstić information content (AvgIpc) is 2.52. The molecule has 10 heteroatoms. The zero-order valence-electron chi connectivity index (χ0n) is 12.6. The van der Waals surface area contributed by atoms with Crippen molar-refractivity contribution in [3.63, 3.8) is 0 Å². The molecule has 2 rings (SSSR count). The number of aromatic nitrogens is 2. The normalized spacial score (nSPS) is 10.7. The number of aromatic hydroxyl groups is 1. The number of benzene rings is 1. The molecule has 0 aliphatic carbocycles. The number of ether oxygens (including phenoxy) is 1. The standard InChI is InChI=1S/C14H15N5O4S/c1-2-23-9-5-3-8(4-6-9)19-12(21)10(7-16-18-13(15)24)11(20)17-14(19)22/h3-7,21H,2H2,1H3,(H3,15,18,24)(H,17,20,22). The molecule has 0 saturated carbocycles. The van der Waals surface area contributed by atoms with Gasteiger partial charge in [0.2, 0.25) is 5.88 Å². The summed E-state index contributed by atoms with van der Waals surface area (Å²) in [5.41, 5.74) is 5.99. The van der Waals surface area contributed by atoms with Gasteiger partial charge in [-0.3, -0.25) is 15.2 Å². The molecule has 0 unspecified atom stereocenters. The zero-order chi connectivity index (χ0) is 17.7. The number of nitrogens with one attached hydrogen (secondary N) is 2. The minimum absolute atomic E-state index is 0.109. The van der Waals surface area contributed by atoms with Crippen molar-refractivity contribution in [3.05, 3.63) is 50.7 Å². The Labute approximate surface area is 141 Å². The predicted molar refractivity (Wildman–Crippen MR) is 93.0 cm³/mol. The van der Waals surface area contributed by atoms with Gasteiger partial charge in [-0.15, -0.1) is 0 Å². The SMILES string of the molecule is CCOc1ccc(-n2c(O)c(C=NNC(N)=S)c(=O)[nH]c2=O)cc1. The van der Waals surface area contributed by atoms with Crippen LogP contribution in [0.4, 0.5) is 0 Å². The van der Waals surface area contributed by atoms with E-state index in [4.69, 9.17) is 10.5 Å². The maximum atomic E-state index is 12.0. The first-order valence-corrected chi connectivity index (χ1v) is 7.25. The van der Waals surface area contributed by atoms with Crippen LogP contribution in [0.15, 0.2) is 39.0 Å². The number of thiocarbonyl (C=S) groups is 1. The first-order valence-electron chi connectivity index (χ1n) is 6.84. The third kappa shape index (κ3) is 3.79. The molecule has 1 heterocycles. The number of rotatable bonds is 5. The van der Waals surface area contributed by atoms with Crippen molar-refractivity contribution in [3.8, 4) is 17.3 Å². The van der Waals surface area contributed by atoms with Gasteiger partial charge >= 0.3 is 5.69 Å². The van der Waals surface area contributed by atoms with Crippen LogP contribution in [0.5, 0.6) is 11.6 Å². The lowest BCUT2D eigenvalue weighted by Crippen LogP contribution is -2.32. The van der Waals surface area contributed by atoms with Crippen LogP contribution in [-0.2, 0) is 0 Å². The lowest BCUT2D eigenvalue weighted by Gasteiger charge is -2.10. The van der Waals surface area contributed by atoms with Crippen LogP contribution in [0.1, 0.15) is 12.5 Å². The van der Waals surface area contributed by atoms with E-state index in [0.717, 1.165) is 10.8 Å². The average molecular weight is 349 g/mol. The number of hydrogen-bond donors (Lipinski definition) is 4. The first kappa shape index (κ1) is 17.2. The fourth-order valence-corrected chi connectivity index (χ4v) is 1.97. The molecule has 0 amide bonds. The molecule has 5 N–H and O–H groups in total. The van der Waals surface area contributed by atoms with Crippen molar-refractivity contribution >= 4 is 23.5 Å². The Morgan fingerprint density at radius 1 is 1.46 bits per heavy atom. The largest absolute Gasteiger partial charge is 0.494 e. The fraction of sp³-hybridized carbons (Fsp3) is 0.143. The molecule has 0 saturated heterocycles. The molecule has 0 spiro atoms. The van der Waals surface area contributed by atoms with E-state index in [-0.39, 0.29) is 10.7 Å². The van der Waals surface area contributed by atoms with Gasteiger partial charge in [0.15, 0.2) is 5.11 Å². The second-order valence-electron chi connectivity index (χ2n) is 4.49. The lowest BCUT2D eigenvalue weighted by molar-refractivity contribution is 0.340. The zero-order valence-corrected chi connectivity index (χ0v) is 13.5. The van der Waals surface area contributed by atoms with E-state index in [2.05, 4.69) is 27.7 Å². The summed E-state index contributed by atoms with van der Waals surface area (Å²) >= 11 is 4.57. The summed E-state index contributed by atoms with van der Waals surface area (Å²) in [6, 6.07) is 6.41. The number of H-pyrrole nitrogens is 1. The van der Waals surface area contributed by atoms with Crippen LogP contribution in [-0.4, -0.2) is 32.6 Å². The second-order valence-corrected chi connectivity index (χ2v) is 4.93. The number of nitrogens with zero attached hydrogens (tertiary/aromatic N) is 2. The summed E-state index contributed by atoms with van der Waals surface area (Å²) in [6.45, 7) is 2.35. The van der Waals surface area contributed by atoms with E-state index < -0.39 is 17.1 Å². The van der Waals surface area contributed by atoms with Crippen molar-refractivity contribution in [1.82, 2.24) is 15.0 Å². The number of hydrogen-bond acceptors (Lipinski definition) is 6. The Morgan fingerprint density at radius 3 is 2.71 bits per heavy atom. The van der Waals surface area contributed by atoms with Gasteiger partial charge in [-0.05, 0) is 43.4 Å². The number of aromatic amines is 1. The molecule has 0 aliphatic rings. The molecular formula is C14H15N5O4S. The van der Waals surface area contributed by atoms with Crippen LogP contribution < -0.4 is 27.1 Å². The summed E-state index contributed by atoms with van der Waals surface area (Å²) in [5.74, 6) is 0.0436. The summed E-state index contributed by atoms with van der Waals surface area (Å²) in [5, 5.41) is 13.8. The van der Waals surface area contributed by atoms with E-state index in [1.54, 1.807) is 24.3 Å². The predicted octanol–water partition coefficient (Wildman–Crippen LogP) is -0.203. The highest BCUT2D eigenvalue weighted by Crippen LogP contribution is 2.18. The van der Waals surface area contributed by atoms with Gasteiger partial charge in [-0.1, -0.05) is 0 Å². The highest BCUT2D eigenvalue weighted by molar-refractivity contribution is 7.80. The van der Waals surface area contributed by atoms with Crippen LogP contribution in [0, 0.1) is 0 Å². The maximum Gasteiger partial charge on any atom is 0.335 e. The van der Waals surface area contributed by atoms with Gasteiger partial charge < -0.3 is 15.6 Å². The van der Waals surface area contributed by atoms with Gasteiger partial charge in [0.05, 0.1) is 18.5 Å². The van der Waals surface area contributed by atoms with Crippen molar-refractivity contribution in [2.24, 2.45) is 10.8 Å². The maximum absolute atomic E-state index is 12.0. The van der Waals surface area contributed by atoms with Gasteiger partial charge in [0.25, 0.3) is 5.56 Å². The van der Waals surface area contributed by atoms with Gasteiger partial charge in [0.1, 0.15) is 11.3 Å². The number of hydrazone groups is 1. The molecule has 0 aliphatic heterocycles. The summed E-state index contributed by atoms with van der Waals surface area (Å²) in [4.78, 5) is 26.0. The molecule has 0 bridgehead atoms. The van der Waals surface area contributed by atoms with Gasteiger partial charge in [-0.25, -0.2) is 9.36 Å². The van der Waals surface area contributed by atoms with Gasteiger partial charge in [0, 0.05) is 0 Å². The highest BCUT2D eigenvalue weighted by atomic mass is 32.1. The van der Waals surface area contributed by atoms with Crippen molar-refractivity contribution in [2.45, 2.75) is 6.92 Å². The molecule has 0 fully saturated rings. The highest BCUT2D eigenvalue weighted by Gasteiger charge is 2.14. The van der Waals surface area contributed by atoms with Crippen molar-refractivity contribution in [2.75, 3.05) is 6.61 Å². The molecule has 24 heavy (non-hydrogen) atoms.